The first-order chi connectivity index (χ1) is 6.02. The molecule has 0 aliphatic heterocycles. The van der Waals surface area contributed by atoms with Crippen molar-refractivity contribution in [2.24, 2.45) is 5.92 Å². The molecule has 4 heteroatoms. The summed E-state index contributed by atoms with van der Waals surface area (Å²) in [5, 5.41) is 7.44. The first-order valence-electron chi connectivity index (χ1n) is 4.63. The molecule has 0 spiro atoms. The molecule has 0 aromatic rings. The highest BCUT2D eigenvalue weighted by atomic mass is 35.5. The Morgan fingerprint density at radius 1 is 1.46 bits per heavy atom. The normalized spacial score (nSPS) is 23.5. The fourth-order valence-corrected chi connectivity index (χ4v) is 2.16. The topological polar surface area (TPSA) is 46.5 Å². The van der Waals surface area contributed by atoms with Crippen LogP contribution < -0.4 is 0 Å². The van der Waals surface area contributed by atoms with E-state index in [0.29, 0.717) is 0 Å². The van der Waals surface area contributed by atoms with Gasteiger partial charge < -0.3 is 9.84 Å². The summed E-state index contributed by atoms with van der Waals surface area (Å²) in [6, 6.07) is 0. The van der Waals surface area contributed by atoms with Gasteiger partial charge in [0.15, 0.2) is 5.06 Å². The van der Waals surface area contributed by atoms with Crippen LogP contribution in [-0.2, 0) is 4.74 Å². The van der Waals surface area contributed by atoms with Crippen LogP contribution in [0.5, 0.6) is 0 Å². The Hall–Kier alpha value is -0.440. The number of rotatable bonds is 2. The molecule has 1 unspecified atom stereocenters. The highest BCUT2D eigenvalue weighted by Crippen LogP contribution is 2.37. The first kappa shape index (κ1) is 10.6. The van der Waals surface area contributed by atoms with Gasteiger partial charge in [0.05, 0.1) is 0 Å². The summed E-state index contributed by atoms with van der Waals surface area (Å²) < 4.78 is 4.66. The van der Waals surface area contributed by atoms with Crippen LogP contribution in [0.25, 0.3) is 0 Å². The zero-order chi connectivity index (χ0) is 9.90. The van der Waals surface area contributed by atoms with Crippen molar-refractivity contribution in [1.82, 2.24) is 0 Å². The van der Waals surface area contributed by atoms with Crippen molar-refractivity contribution in [3.8, 4) is 0 Å². The van der Waals surface area contributed by atoms with Gasteiger partial charge in [0, 0.05) is 5.92 Å². The number of hydrogen-bond acceptors (Lipinski definition) is 2. The summed E-state index contributed by atoms with van der Waals surface area (Å²) in [5.41, 5.74) is 0. The lowest BCUT2D eigenvalue weighted by molar-refractivity contribution is -0.000974. The number of alkyl halides is 1. The molecule has 0 aromatic heterocycles. The van der Waals surface area contributed by atoms with E-state index in [0.717, 1.165) is 25.7 Å². The lowest BCUT2D eigenvalue weighted by Gasteiger charge is -2.33. The largest absolute Gasteiger partial charge is 0.507 e. The van der Waals surface area contributed by atoms with Crippen LogP contribution in [0, 0.1) is 5.92 Å². The second-order valence-electron chi connectivity index (χ2n) is 3.69. The summed E-state index contributed by atoms with van der Waals surface area (Å²) in [6.07, 6.45) is 4.10. The van der Waals surface area contributed by atoms with E-state index in [4.69, 9.17) is 16.7 Å². The second kappa shape index (κ2) is 4.18. The van der Waals surface area contributed by atoms with Crippen LogP contribution in [0.15, 0.2) is 0 Å². The molecule has 0 saturated heterocycles. The van der Waals surface area contributed by atoms with Gasteiger partial charge in [0.1, 0.15) is 0 Å². The number of carbonyl (C=O) groups is 1. The number of halogens is 1. The monoisotopic (exact) mass is 206 g/mol. The Morgan fingerprint density at radius 3 is 2.46 bits per heavy atom. The van der Waals surface area contributed by atoms with Gasteiger partial charge in [-0.15, -0.1) is 0 Å². The summed E-state index contributed by atoms with van der Waals surface area (Å²) in [5.74, 6) is 0.166. The molecule has 1 N–H and O–H groups in total. The molecule has 1 aliphatic carbocycles. The van der Waals surface area contributed by atoms with E-state index < -0.39 is 11.2 Å². The van der Waals surface area contributed by atoms with E-state index in [1.54, 1.807) is 6.92 Å². The summed E-state index contributed by atoms with van der Waals surface area (Å²) in [4.78, 5) is 10.4. The maximum absolute atomic E-state index is 10.4. The van der Waals surface area contributed by atoms with Crippen LogP contribution in [0.3, 0.4) is 0 Å². The van der Waals surface area contributed by atoms with E-state index in [-0.39, 0.29) is 5.92 Å². The van der Waals surface area contributed by atoms with Gasteiger partial charge in [-0.1, -0.05) is 30.9 Å². The molecule has 0 radical (unpaired) electrons. The number of ether oxygens (including phenoxy) is 1. The van der Waals surface area contributed by atoms with Gasteiger partial charge in [0.2, 0.25) is 0 Å². The first-order valence-corrected chi connectivity index (χ1v) is 5.01. The molecule has 1 fully saturated rings. The van der Waals surface area contributed by atoms with E-state index in [1.807, 2.05) is 0 Å². The van der Waals surface area contributed by atoms with Crippen molar-refractivity contribution in [3.63, 3.8) is 0 Å². The Balaban J connectivity index is 2.50. The molecule has 1 atom stereocenters. The van der Waals surface area contributed by atoms with Crippen molar-refractivity contribution in [1.29, 1.82) is 0 Å². The summed E-state index contributed by atoms with van der Waals surface area (Å²) in [6.45, 7) is 1.64. The van der Waals surface area contributed by atoms with Gasteiger partial charge in [-0.25, -0.2) is 4.79 Å². The van der Waals surface area contributed by atoms with E-state index in [9.17, 15) is 4.79 Å². The van der Waals surface area contributed by atoms with Crippen molar-refractivity contribution in [2.75, 3.05) is 0 Å². The lowest BCUT2D eigenvalue weighted by Crippen LogP contribution is -2.35. The minimum absolute atomic E-state index is 0.166. The summed E-state index contributed by atoms with van der Waals surface area (Å²) in [7, 11) is 0. The van der Waals surface area contributed by atoms with Crippen LogP contribution in [0.2, 0.25) is 0 Å². The minimum atomic E-state index is -1.29. The molecular weight excluding hydrogens is 192 g/mol. The third-order valence-corrected chi connectivity index (χ3v) is 3.01. The average molecular weight is 207 g/mol. The zero-order valence-electron chi connectivity index (χ0n) is 7.75. The highest BCUT2D eigenvalue weighted by molar-refractivity contribution is 6.23. The molecule has 1 rings (SSSR count). The number of hydrogen-bond donors (Lipinski definition) is 1. The second-order valence-corrected chi connectivity index (χ2v) is 4.44. The predicted octanol–water partition coefficient (Wildman–Crippen LogP) is 3.22. The van der Waals surface area contributed by atoms with Gasteiger partial charge in [-0.3, -0.25) is 0 Å². The van der Waals surface area contributed by atoms with E-state index in [1.165, 1.54) is 6.42 Å². The Morgan fingerprint density at radius 2 is 2.00 bits per heavy atom. The van der Waals surface area contributed by atoms with Gasteiger partial charge >= 0.3 is 6.16 Å². The quantitative estimate of drug-likeness (QED) is 0.558. The van der Waals surface area contributed by atoms with Gasteiger partial charge in [-0.2, -0.15) is 0 Å². The molecule has 13 heavy (non-hydrogen) atoms. The van der Waals surface area contributed by atoms with Crippen LogP contribution in [-0.4, -0.2) is 16.3 Å². The van der Waals surface area contributed by atoms with Crippen molar-refractivity contribution >= 4 is 17.8 Å². The molecular formula is C9H15ClO3. The lowest BCUT2D eigenvalue weighted by atomic mass is 9.85. The maximum Gasteiger partial charge on any atom is 0.507 e. The Kier molecular flexibility index (Phi) is 3.42. The van der Waals surface area contributed by atoms with Crippen molar-refractivity contribution in [3.05, 3.63) is 0 Å². The molecule has 0 bridgehead atoms. The highest BCUT2D eigenvalue weighted by Gasteiger charge is 2.36. The molecule has 0 amide bonds. The SMILES string of the molecule is CC(Cl)(OC(=O)O)C1CCCCC1. The molecule has 1 saturated carbocycles. The van der Waals surface area contributed by atoms with E-state index in [2.05, 4.69) is 4.74 Å². The molecule has 3 nitrogen and oxygen atoms in total. The van der Waals surface area contributed by atoms with Gasteiger partial charge in [0.25, 0.3) is 0 Å². The maximum atomic E-state index is 10.4. The predicted molar refractivity (Wildman–Crippen MR) is 49.9 cm³/mol. The van der Waals surface area contributed by atoms with Crippen LogP contribution >= 0.6 is 11.6 Å². The summed E-state index contributed by atoms with van der Waals surface area (Å²) >= 11 is 6.01. The Labute approximate surface area is 83.0 Å². The molecule has 1 aliphatic rings. The molecule has 0 heterocycles. The average Bonchev–Trinajstić information content (AvgIpc) is 2.04. The Bertz CT molecular complexity index is 185. The minimum Gasteiger partial charge on any atom is -0.450 e. The molecule has 76 valence electrons. The van der Waals surface area contributed by atoms with Gasteiger partial charge in [-0.05, 0) is 19.8 Å². The van der Waals surface area contributed by atoms with Crippen molar-refractivity contribution < 1.29 is 14.6 Å². The smallest absolute Gasteiger partial charge is 0.450 e. The third kappa shape index (κ3) is 3.07. The molecule has 0 aromatic carbocycles. The number of carboxylic acid groups (broad SMARTS) is 1. The third-order valence-electron chi connectivity index (χ3n) is 2.62. The fraction of sp³-hybridized carbons (Fsp3) is 0.889. The fourth-order valence-electron chi connectivity index (χ4n) is 1.87. The van der Waals surface area contributed by atoms with E-state index >= 15 is 0 Å². The van der Waals surface area contributed by atoms with Crippen molar-refractivity contribution in [2.45, 2.75) is 44.1 Å². The zero-order valence-corrected chi connectivity index (χ0v) is 8.51. The van der Waals surface area contributed by atoms with Crippen LogP contribution in [0.4, 0.5) is 4.79 Å². The van der Waals surface area contributed by atoms with Crippen LogP contribution in [0.1, 0.15) is 39.0 Å². The standard InChI is InChI=1S/C9H15ClO3/c1-9(10,13-8(11)12)7-5-3-2-4-6-7/h7H,2-6H2,1H3,(H,11,12).